The van der Waals surface area contributed by atoms with Gasteiger partial charge in [-0.25, -0.2) is 9.18 Å². The van der Waals surface area contributed by atoms with Crippen LogP contribution in [-0.2, 0) is 0 Å². The van der Waals surface area contributed by atoms with Crippen LogP contribution in [0.15, 0.2) is 77.0 Å². The molecule has 1 unspecified atom stereocenters. The van der Waals surface area contributed by atoms with Crippen LogP contribution in [0.5, 0.6) is 0 Å². The van der Waals surface area contributed by atoms with E-state index in [0.29, 0.717) is 33.4 Å². The third-order valence-corrected chi connectivity index (χ3v) is 6.27. The lowest BCUT2D eigenvalue weighted by Crippen LogP contribution is -2.46. The number of hydrogen-bond donors (Lipinski definition) is 1. The monoisotopic (exact) mass is 488 g/mol. The Labute approximate surface area is 207 Å². The van der Waals surface area contributed by atoms with Crippen LogP contribution >= 0.6 is 11.6 Å². The first-order valence-corrected chi connectivity index (χ1v) is 11.4. The quantitative estimate of drug-likeness (QED) is 0.341. The van der Waals surface area contributed by atoms with E-state index in [9.17, 15) is 9.18 Å². The molecule has 6 nitrogen and oxygen atoms in total. The number of hydrogen-bond acceptors (Lipinski definition) is 4. The molecule has 2 heterocycles. The van der Waals surface area contributed by atoms with E-state index < -0.39 is 6.04 Å². The van der Waals surface area contributed by atoms with Crippen molar-refractivity contribution in [2.45, 2.75) is 26.8 Å². The first-order valence-electron chi connectivity index (χ1n) is 11.1. The lowest BCUT2D eigenvalue weighted by Gasteiger charge is -2.35. The van der Waals surface area contributed by atoms with Gasteiger partial charge in [0.25, 0.3) is 5.89 Å². The van der Waals surface area contributed by atoms with Crippen LogP contribution < -0.4 is 10.2 Å². The number of amides is 2. The highest BCUT2D eigenvalue weighted by atomic mass is 35.5. The van der Waals surface area contributed by atoms with Gasteiger partial charge in [0.1, 0.15) is 5.82 Å². The van der Waals surface area contributed by atoms with Crippen molar-refractivity contribution in [3.05, 3.63) is 106 Å². The molecule has 1 aromatic heterocycles. The van der Waals surface area contributed by atoms with Crippen LogP contribution in [0.25, 0.3) is 17.0 Å². The Bertz CT molecular complexity index is 1460. The number of carbonyl (C=O) groups excluding carboxylic acids is 1. The lowest BCUT2D eigenvalue weighted by molar-refractivity contribution is 0.244. The molecule has 0 aliphatic carbocycles. The molecular weight excluding hydrogens is 467 g/mol. The molecule has 1 aliphatic rings. The maximum atomic E-state index is 13.9. The van der Waals surface area contributed by atoms with Crippen molar-refractivity contribution in [2.75, 3.05) is 4.90 Å². The molecule has 1 N–H and O–H groups in total. The van der Waals surface area contributed by atoms with Gasteiger partial charge < -0.3 is 9.84 Å². The molecule has 0 radical (unpaired) electrons. The van der Waals surface area contributed by atoms with Crippen molar-refractivity contribution >= 4 is 28.9 Å². The summed E-state index contributed by atoms with van der Waals surface area (Å²) in [5.74, 6) is 0.363. The fraction of sp³-hybridized carbons (Fsp3) is 0.148. The van der Waals surface area contributed by atoms with Gasteiger partial charge in [-0.15, -0.1) is 0 Å². The number of carbonyl (C=O) groups is 1. The predicted octanol–water partition coefficient (Wildman–Crippen LogP) is 6.85. The molecule has 4 aromatic rings. The molecule has 0 saturated carbocycles. The number of urea groups is 1. The standard InChI is InChI=1S/C27H22ClFN4O2/c1-15-7-9-18(10-8-15)25-31-26(35-32-25)23-17(3)33(21-11-12-22(29)16(2)13-21)27(34)30-24(23)19-5-4-6-20(28)14-19/h4-14,24H,1-3H3,(H,30,34). The van der Waals surface area contributed by atoms with Gasteiger partial charge in [-0.3, -0.25) is 4.90 Å². The van der Waals surface area contributed by atoms with Gasteiger partial charge in [-0.05, 0) is 62.2 Å². The molecule has 0 bridgehead atoms. The van der Waals surface area contributed by atoms with Crippen LogP contribution in [0.3, 0.4) is 0 Å². The molecule has 1 atom stereocenters. The third-order valence-electron chi connectivity index (χ3n) is 6.03. The van der Waals surface area contributed by atoms with Crippen molar-refractivity contribution in [1.29, 1.82) is 0 Å². The Hall–Kier alpha value is -3.97. The van der Waals surface area contributed by atoms with Gasteiger partial charge in [-0.1, -0.05) is 58.7 Å². The number of halogens is 2. The molecule has 176 valence electrons. The van der Waals surface area contributed by atoms with Gasteiger partial charge >= 0.3 is 6.03 Å². The number of aromatic nitrogens is 2. The third kappa shape index (κ3) is 4.31. The van der Waals surface area contributed by atoms with Crippen LogP contribution in [0.4, 0.5) is 14.9 Å². The number of allylic oxidation sites excluding steroid dienone is 1. The maximum absolute atomic E-state index is 13.9. The summed E-state index contributed by atoms with van der Waals surface area (Å²) in [4.78, 5) is 19.4. The van der Waals surface area contributed by atoms with Crippen molar-refractivity contribution in [3.8, 4) is 11.4 Å². The second-order valence-corrected chi connectivity index (χ2v) is 8.93. The topological polar surface area (TPSA) is 71.3 Å². The SMILES string of the molecule is CC1=C(c2nc(-c3ccc(C)cc3)no2)C(c2cccc(Cl)c2)NC(=O)N1c1ccc(F)c(C)c1. The minimum Gasteiger partial charge on any atom is -0.334 e. The minimum absolute atomic E-state index is 0.270. The molecule has 5 rings (SSSR count). The van der Waals surface area contributed by atoms with Crippen molar-refractivity contribution in [2.24, 2.45) is 0 Å². The smallest absolute Gasteiger partial charge is 0.326 e. The van der Waals surface area contributed by atoms with E-state index in [1.54, 1.807) is 38.1 Å². The van der Waals surface area contributed by atoms with Gasteiger partial charge in [0.15, 0.2) is 0 Å². The molecule has 35 heavy (non-hydrogen) atoms. The highest BCUT2D eigenvalue weighted by molar-refractivity contribution is 6.30. The van der Waals surface area contributed by atoms with Crippen molar-refractivity contribution in [3.63, 3.8) is 0 Å². The van der Waals surface area contributed by atoms with Crippen molar-refractivity contribution in [1.82, 2.24) is 15.5 Å². The number of benzene rings is 3. The van der Waals surface area contributed by atoms with E-state index in [-0.39, 0.29) is 17.7 Å². The lowest BCUT2D eigenvalue weighted by atomic mass is 9.94. The van der Waals surface area contributed by atoms with Gasteiger partial charge in [0.2, 0.25) is 5.82 Å². The summed E-state index contributed by atoms with van der Waals surface area (Å²) >= 11 is 6.26. The average Bonchev–Trinajstić information content (AvgIpc) is 3.31. The molecule has 0 saturated heterocycles. The van der Waals surface area contributed by atoms with Crippen LogP contribution in [0.2, 0.25) is 5.02 Å². The highest BCUT2D eigenvalue weighted by Gasteiger charge is 2.36. The summed E-state index contributed by atoms with van der Waals surface area (Å²) in [5.41, 5.74) is 4.88. The molecule has 0 fully saturated rings. The Balaban J connectivity index is 1.66. The van der Waals surface area contributed by atoms with E-state index in [2.05, 4.69) is 15.5 Å². The second-order valence-electron chi connectivity index (χ2n) is 8.49. The van der Waals surface area contributed by atoms with Gasteiger partial charge in [0, 0.05) is 16.3 Å². The molecule has 8 heteroatoms. The normalized spacial score (nSPS) is 16.0. The Morgan fingerprint density at radius 3 is 2.51 bits per heavy atom. The molecule has 1 aliphatic heterocycles. The first kappa shape index (κ1) is 22.8. The summed E-state index contributed by atoms with van der Waals surface area (Å²) < 4.78 is 19.6. The Morgan fingerprint density at radius 2 is 1.80 bits per heavy atom. The number of nitrogens with zero attached hydrogens (tertiary/aromatic N) is 3. The molecule has 0 spiro atoms. The number of aryl methyl sites for hydroxylation is 2. The predicted molar refractivity (Wildman–Crippen MR) is 133 cm³/mol. The summed E-state index contributed by atoms with van der Waals surface area (Å²) in [6.07, 6.45) is 0. The van der Waals surface area contributed by atoms with E-state index >= 15 is 0 Å². The zero-order valence-corrected chi connectivity index (χ0v) is 20.1. The number of anilines is 1. The van der Waals surface area contributed by atoms with Crippen LogP contribution in [-0.4, -0.2) is 16.2 Å². The van der Waals surface area contributed by atoms with Gasteiger partial charge in [-0.2, -0.15) is 4.98 Å². The van der Waals surface area contributed by atoms with E-state index in [4.69, 9.17) is 16.1 Å². The Morgan fingerprint density at radius 1 is 1.03 bits per heavy atom. The van der Waals surface area contributed by atoms with E-state index in [1.807, 2.05) is 43.3 Å². The fourth-order valence-electron chi connectivity index (χ4n) is 4.19. The van der Waals surface area contributed by atoms with Gasteiger partial charge in [0.05, 0.1) is 17.3 Å². The molecule has 2 amide bonds. The minimum atomic E-state index is -0.578. The summed E-state index contributed by atoms with van der Waals surface area (Å²) in [6.45, 7) is 5.47. The second kappa shape index (κ2) is 9.00. The average molecular weight is 489 g/mol. The maximum Gasteiger partial charge on any atom is 0.326 e. The van der Waals surface area contributed by atoms with Crippen molar-refractivity contribution < 1.29 is 13.7 Å². The first-order chi connectivity index (χ1) is 16.8. The highest BCUT2D eigenvalue weighted by Crippen LogP contribution is 2.39. The number of rotatable bonds is 4. The van der Waals surface area contributed by atoms with Crippen LogP contribution in [0, 0.1) is 19.7 Å². The summed E-state index contributed by atoms with van der Waals surface area (Å²) in [6, 6.07) is 18.6. The number of nitrogens with one attached hydrogen (secondary N) is 1. The van der Waals surface area contributed by atoms with Crippen LogP contribution in [0.1, 0.15) is 35.5 Å². The largest absolute Gasteiger partial charge is 0.334 e. The fourth-order valence-corrected chi connectivity index (χ4v) is 4.39. The summed E-state index contributed by atoms with van der Waals surface area (Å²) in [5, 5.41) is 7.75. The van der Waals surface area contributed by atoms with E-state index in [1.165, 1.54) is 11.0 Å². The Kier molecular flexibility index (Phi) is 5.86. The summed E-state index contributed by atoms with van der Waals surface area (Å²) in [7, 11) is 0. The zero-order valence-electron chi connectivity index (χ0n) is 19.3. The molecular formula is C27H22ClFN4O2. The zero-order chi connectivity index (χ0) is 24.7. The van der Waals surface area contributed by atoms with E-state index in [0.717, 1.165) is 16.7 Å². The molecule has 3 aromatic carbocycles.